The topological polar surface area (TPSA) is 37.8 Å². The van der Waals surface area contributed by atoms with Gasteiger partial charge in [0.15, 0.2) is 0 Å². The van der Waals surface area contributed by atoms with Crippen LogP contribution in [0.4, 0.5) is 5.95 Å². The predicted molar refractivity (Wildman–Crippen MR) is 65.2 cm³/mol. The maximum Gasteiger partial charge on any atom is 0.222 e. The average molecular weight is 223 g/mol. The lowest BCUT2D eigenvalue weighted by molar-refractivity contribution is 0.471. The van der Waals surface area contributed by atoms with Gasteiger partial charge in [0.25, 0.3) is 0 Å². The third-order valence-corrected chi connectivity index (χ3v) is 4.04. The first-order valence-electron chi connectivity index (χ1n) is 5.45. The molecule has 15 heavy (non-hydrogen) atoms. The summed E-state index contributed by atoms with van der Waals surface area (Å²) in [7, 11) is 0. The third-order valence-electron chi connectivity index (χ3n) is 2.91. The molecule has 0 spiro atoms. The molecular weight excluding hydrogens is 206 g/mol. The molecule has 1 aromatic rings. The minimum absolute atomic E-state index is 0.566. The van der Waals surface area contributed by atoms with Gasteiger partial charge in [-0.3, -0.25) is 0 Å². The normalized spacial score (nSPS) is 26.2. The van der Waals surface area contributed by atoms with Crippen LogP contribution in [0.2, 0.25) is 0 Å². The molecule has 0 radical (unpaired) electrons. The van der Waals surface area contributed by atoms with Crippen molar-refractivity contribution in [1.82, 2.24) is 9.97 Å². The van der Waals surface area contributed by atoms with E-state index in [1.807, 2.05) is 17.8 Å². The standard InChI is InChI=1S/C11H17N3S/c1-15-10-5-3-9(4-6-10)14-11-12-7-2-8-13-11/h2,7-10H,3-6H2,1H3,(H,12,13,14). The van der Waals surface area contributed by atoms with Crippen molar-refractivity contribution in [3.8, 4) is 0 Å². The summed E-state index contributed by atoms with van der Waals surface area (Å²) in [6, 6.07) is 2.41. The van der Waals surface area contributed by atoms with E-state index in [2.05, 4.69) is 21.5 Å². The number of hydrogen-bond acceptors (Lipinski definition) is 4. The number of nitrogens with zero attached hydrogens (tertiary/aromatic N) is 2. The quantitative estimate of drug-likeness (QED) is 0.854. The number of anilines is 1. The molecule has 2 rings (SSSR count). The average Bonchev–Trinajstić information content (AvgIpc) is 2.31. The van der Waals surface area contributed by atoms with E-state index in [-0.39, 0.29) is 0 Å². The summed E-state index contributed by atoms with van der Waals surface area (Å²) in [6.45, 7) is 0. The van der Waals surface area contributed by atoms with Crippen molar-refractivity contribution in [2.45, 2.75) is 37.0 Å². The molecule has 0 aromatic carbocycles. The van der Waals surface area contributed by atoms with Gasteiger partial charge in [-0.05, 0) is 38.0 Å². The molecule has 0 bridgehead atoms. The van der Waals surface area contributed by atoms with Crippen LogP contribution in [0, 0.1) is 0 Å². The second kappa shape index (κ2) is 5.35. The van der Waals surface area contributed by atoms with Crippen LogP contribution in [0.3, 0.4) is 0 Å². The van der Waals surface area contributed by atoms with Crippen molar-refractivity contribution < 1.29 is 0 Å². The Hall–Kier alpha value is -0.770. The van der Waals surface area contributed by atoms with Crippen molar-refractivity contribution in [2.24, 2.45) is 0 Å². The van der Waals surface area contributed by atoms with Crippen LogP contribution in [-0.4, -0.2) is 27.5 Å². The van der Waals surface area contributed by atoms with Crippen molar-refractivity contribution in [3.63, 3.8) is 0 Å². The monoisotopic (exact) mass is 223 g/mol. The van der Waals surface area contributed by atoms with E-state index < -0.39 is 0 Å². The van der Waals surface area contributed by atoms with Gasteiger partial charge >= 0.3 is 0 Å². The van der Waals surface area contributed by atoms with Crippen molar-refractivity contribution >= 4 is 17.7 Å². The van der Waals surface area contributed by atoms with Crippen LogP contribution in [-0.2, 0) is 0 Å². The molecule has 1 aromatic heterocycles. The van der Waals surface area contributed by atoms with Gasteiger partial charge < -0.3 is 5.32 Å². The van der Waals surface area contributed by atoms with Crippen LogP contribution < -0.4 is 5.32 Å². The summed E-state index contributed by atoms with van der Waals surface area (Å²) in [5.41, 5.74) is 0. The van der Waals surface area contributed by atoms with E-state index in [1.54, 1.807) is 12.4 Å². The highest BCUT2D eigenvalue weighted by Crippen LogP contribution is 2.27. The van der Waals surface area contributed by atoms with Gasteiger partial charge in [0.1, 0.15) is 0 Å². The largest absolute Gasteiger partial charge is 0.351 e. The Kier molecular flexibility index (Phi) is 3.83. The third kappa shape index (κ3) is 3.09. The van der Waals surface area contributed by atoms with Gasteiger partial charge in [-0.15, -0.1) is 0 Å². The summed E-state index contributed by atoms with van der Waals surface area (Å²) in [5, 5.41) is 4.25. The second-order valence-electron chi connectivity index (χ2n) is 3.93. The van der Waals surface area contributed by atoms with Gasteiger partial charge in [0.05, 0.1) is 0 Å². The van der Waals surface area contributed by atoms with Crippen LogP contribution in [0.25, 0.3) is 0 Å². The molecule has 0 aliphatic heterocycles. The fourth-order valence-corrected chi connectivity index (χ4v) is 2.74. The smallest absolute Gasteiger partial charge is 0.222 e. The van der Waals surface area contributed by atoms with Gasteiger partial charge in [-0.1, -0.05) is 0 Å². The highest BCUT2D eigenvalue weighted by molar-refractivity contribution is 7.99. The van der Waals surface area contributed by atoms with Crippen LogP contribution in [0.5, 0.6) is 0 Å². The van der Waals surface area contributed by atoms with E-state index in [9.17, 15) is 0 Å². The zero-order chi connectivity index (χ0) is 10.5. The number of rotatable bonds is 3. The number of hydrogen-bond donors (Lipinski definition) is 1. The summed E-state index contributed by atoms with van der Waals surface area (Å²) >= 11 is 2.00. The summed E-state index contributed by atoms with van der Waals surface area (Å²) < 4.78 is 0. The SMILES string of the molecule is CSC1CCC(Nc2ncccn2)CC1. The molecule has 1 aliphatic rings. The number of aromatic nitrogens is 2. The van der Waals surface area contributed by atoms with Crippen LogP contribution in [0.15, 0.2) is 18.5 Å². The highest BCUT2D eigenvalue weighted by atomic mass is 32.2. The number of nitrogens with one attached hydrogen (secondary N) is 1. The van der Waals surface area contributed by atoms with E-state index in [1.165, 1.54) is 25.7 Å². The van der Waals surface area contributed by atoms with Crippen LogP contribution >= 0.6 is 11.8 Å². The number of thioether (sulfide) groups is 1. The summed E-state index contributed by atoms with van der Waals surface area (Å²) in [6.07, 6.45) is 10.9. The molecule has 0 atom stereocenters. The molecule has 0 unspecified atom stereocenters. The molecule has 0 amide bonds. The zero-order valence-corrected chi connectivity index (χ0v) is 9.83. The fourth-order valence-electron chi connectivity index (χ4n) is 2.00. The Morgan fingerprint density at radius 2 is 1.87 bits per heavy atom. The fraction of sp³-hybridized carbons (Fsp3) is 0.636. The highest BCUT2D eigenvalue weighted by Gasteiger charge is 2.20. The van der Waals surface area contributed by atoms with E-state index in [4.69, 9.17) is 0 Å². The second-order valence-corrected chi connectivity index (χ2v) is 5.06. The Morgan fingerprint density at radius 1 is 1.20 bits per heavy atom. The molecular formula is C11H17N3S. The first kappa shape index (κ1) is 10.7. The maximum atomic E-state index is 4.18. The van der Waals surface area contributed by atoms with E-state index in [0.717, 1.165) is 11.2 Å². The zero-order valence-electron chi connectivity index (χ0n) is 9.02. The van der Waals surface area contributed by atoms with Crippen LogP contribution in [0.1, 0.15) is 25.7 Å². The molecule has 1 heterocycles. The Balaban J connectivity index is 1.82. The predicted octanol–water partition coefficient (Wildman–Crippen LogP) is 2.56. The maximum absolute atomic E-state index is 4.18. The minimum atomic E-state index is 0.566. The lowest BCUT2D eigenvalue weighted by Crippen LogP contribution is -2.27. The van der Waals surface area contributed by atoms with Gasteiger partial charge in [-0.25, -0.2) is 9.97 Å². The Bertz CT molecular complexity index is 283. The van der Waals surface area contributed by atoms with Crippen molar-refractivity contribution in [3.05, 3.63) is 18.5 Å². The lowest BCUT2D eigenvalue weighted by atomic mass is 9.95. The molecule has 0 saturated heterocycles. The van der Waals surface area contributed by atoms with Gasteiger partial charge in [-0.2, -0.15) is 11.8 Å². The van der Waals surface area contributed by atoms with Crippen molar-refractivity contribution in [1.29, 1.82) is 0 Å². The van der Waals surface area contributed by atoms with Crippen molar-refractivity contribution in [2.75, 3.05) is 11.6 Å². The summed E-state index contributed by atoms with van der Waals surface area (Å²) in [4.78, 5) is 8.37. The lowest BCUT2D eigenvalue weighted by Gasteiger charge is -2.27. The Morgan fingerprint density at radius 3 is 2.47 bits per heavy atom. The molecule has 1 aliphatic carbocycles. The first-order chi connectivity index (χ1) is 7.38. The van der Waals surface area contributed by atoms with E-state index in [0.29, 0.717) is 6.04 Å². The van der Waals surface area contributed by atoms with Gasteiger partial charge in [0.2, 0.25) is 5.95 Å². The summed E-state index contributed by atoms with van der Waals surface area (Å²) in [5.74, 6) is 0.769. The van der Waals surface area contributed by atoms with Gasteiger partial charge in [0, 0.05) is 23.7 Å². The first-order valence-corrected chi connectivity index (χ1v) is 6.73. The molecule has 1 saturated carbocycles. The molecule has 4 heteroatoms. The van der Waals surface area contributed by atoms with E-state index >= 15 is 0 Å². The minimum Gasteiger partial charge on any atom is -0.351 e. The molecule has 1 fully saturated rings. The molecule has 82 valence electrons. The molecule has 1 N–H and O–H groups in total. The Labute approximate surface area is 95.1 Å². The molecule has 3 nitrogen and oxygen atoms in total.